The topological polar surface area (TPSA) is 50.8 Å². The van der Waals surface area contributed by atoms with E-state index in [4.69, 9.17) is 9.47 Å². The van der Waals surface area contributed by atoms with Crippen LogP contribution in [0.2, 0.25) is 0 Å². The van der Waals surface area contributed by atoms with Crippen LogP contribution in [0.5, 0.6) is 11.5 Å². The molecule has 28 heavy (non-hydrogen) atoms. The van der Waals surface area contributed by atoms with Crippen LogP contribution in [-0.2, 0) is 11.2 Å². The second-order valence-corrected chi connectivity index (χ2v) is 6.86. The van der Waals surface area contributed by atoms with Gasteiger partial charge in [-0.15, -0.1) is 12.4 Å². The van der Waals surface area contributed by atoms with Gasteiger partial charge in [-0.25, -0.2) is 0 Å². The molecule has 1 fully saturated rings. The molecule has 0 bridgehead atoms. The highest BCUT2D eigenvalue weighted by atomic mass is 35.5. The average Bonchev–Trinajstić information content (AvgIpc) is 3.24. The molecule has 0 radical (unpaired) electrons. The van der Waals surface area contributed by atoms with Crippen molar-refractivity contribution in [1.29, 1.82) is 0 Å². The SMILES string of the molecule is COc1ccc(CC(=O)NCC(c2ccc(OC)cc2)N2CCCC2)cc1.Cl. The van der Waals surface area contributed by atoms with Crippen LogP contribution in [0.3, 0.4) is 0 Å². The zero-order chi connectivity index (χ0) is 19.1. The first-order valence-electron chi connectivity index (χ1n) is 9.47. The molecular weight excluding hydrogens is 376 g/mol. The van der Waals surface area contributed by atoms with E-state index in [0.29, 0.717) is 13.0 Å². The number of rotatable bonds is 8. The first kappa shape index (κ1) is 22.1. The number of benzene rings is 2. The highest BCUT2D eigenvalue weighted by molar-refractivity contribution is 5.85. The number of carbonyl (C=O) groups excluding carboxylic acids is 1. The minimum Gasteiger partial charge on any atom is -0.497 e. The van der Waals surface area contributed by atoms with Crippen LogP contribution in [0.15, 0.2) is 48.5 Å². The first-order valence-corrected chi connectivity index (χ1v) is 9.47. The Morgan fingerprint density at radius 1 is 0.964 bits per heavy atom. The summed E-state index contributed by atoms with van der Waals surface area (Å²) in [5.41, 5.74) is 2.19. The van der Waals surface area contributed by atoms with E-state index >= 15 is 0 Å². The molecule has 1 aliphatic heterocycles. The Balaban J connectivity index is 0.00000280. The Hall–Kier alpha value is -2.24. The lowest BCUT2D eigenvalue weighted by Crippen LogP contribution is -2.37. The van der Waals surface area contributed by atoms with Gasteiger partial charge >= 0.3 is 0 Å². The fraction of sp³-hybridized carbons (Fsp3) is 0.409. The third-order valence-corrected chi connectivity index (χ3v) is 5.10. The highest BCUT2D eigenvalue weighted by Gasteiger charge is 2.24. The van der Waals surface area contributed by atoms with Gasteiger partial charge < -0.3 is 14.8 Å². The molecule has 1 atom stereocenters. The molecule has 0 saturated carbocycles. The van der Waals surface area contributed by atoms with Gasteiger partial charge in [-0.05, 0) is 61.3 Å². The van der Waals surface area contributed by atoms with Gasteiger partial charge in [-0.2, -0.15) is 0 Å². The number of likely N-dealkylation sites (tertiary alicyclic amines) is 1. The zero-order valence-electron chi connectivity index (χ0n) is 16.5. The molecule has 3 rings (SSSR count). The smallest absolute Gasteiger partial charge is 0.224 e. The maximum Gasteiger partial charge on any atom is 0.224 e. The number of halogens is 1. The molecule has 1 unspecified atom stereocenters. The van der Waals surface area contributed by atoms with Gasteiger partial charge in [-0.1, -0.05) is 24.3 Å². The Morgan fingerprint density at radius 2 is 1.50 bits per heavy atom. The van der Waals surface area contributed by atoms with Gasteiger partial charge in [-0.3, -0.25) is 9.69 Å². The zero-order valence-corrected chi connectivity index (χ0v) is 17.3. The fourth-order valence-electron chi connectivity index (χ4n) is 3.54. The quantitative estimate of drug-likeness (QED) is 0.730. The molecule has 0 aliphatic carbocycles. The van der Waals surface area contributed by atoms with Crippen molar-refractivity contribution in [2.45, 2.75) is 25.3 Å². The van der Waals surface area contributed by atoms with Gasteiger partial charge in [0.05, 0.1) is 26.7 Å². The monoisotopic (exact) mass is 404 g/mol. The van der Waals surface area contributed by atoms with Crippen molar-refractivity contribution in [2.75, 3.05) is 33.9 Å². The molecule has 0 spiro atoms. The van der Waals surface area contributed by atoms with Gasteiger partial charge in [0.2, 0.25) is 5.91 Å². The predicted molar refractivity (Wildman–Crippen MR) is 113 cm³/mol. The lowest BCUT2D eigenvalue weighted by atomic mass is 10.0. The molecule has 1 amide bonds. The normalized spacial score (nSPS) is 14.8. The maximum absolute atomic E-state index is 12.4. The van der Waals surface area contributed by atoms with Crippen molar-refractivity contribution in [1.82, 2.24) is 10.2 Å². The molecule has 5 nitrogen and oxygen atoms in total. The minimum atomic E-state index is 0. The number of hydrogen-bond donors (Lipinski definition) is 1. The summed E-state index contributed by atoms with van der Waals surface area (Å²) in [6.45, 7) is 2.76. The summed E-state index contributed by atoms with van der Waals surface area (Å²) in [6, 6.07) is 16.0. The lowest BCUT2D eigenvalue weighted by molar-refractivity contribution is -0.120. The van der Waals surface area contributed by atoms with Gasteiger partial charge in [0.25, 0.3) is 0 Å². The Labute approximate surface area is 173 Å². The molecular formula is C22H29ClN2O3. The number of nitrogens with zero attached hydrogens (tertiary/aromatic N) is 1. The van der Waals surface area contributed by atoms with Crippen LogP contribution in [0, 0.1) is 0 Å². The van der Waals surface area contributed by atoms with Crippen LogP contribution in [0.1, 0.15) is 30.0 Å². The molecule has 6 heteroatoms. The second kappa shape index (κ2) is 10.9. The summed E-state index contributed by atoms with van der Waals surface area (Å²) in [6.07, 6.45) is 2.80. The molecule has 1 N–H and O–H groups in total. The van der Waals surface area contributed by atoms with Crippen LogP contribution in [-0.4, -0.2) is 44.7 Å². The number of ether oxygens (including phenoxy) is 2. The summed E-state index contributed by atoms with van der Waals surface area (Å²) >= 11 is 0. The third kappa shape index (κ3) is 5.88. The molecule has 0 aromatic heterocycles. The van der Waals surface area contributed by atoms with E-state index in [9.17, 15) is 4.79 Å². The number of methoxy groups -OCH3 is 2. The lowest BCUT2D eigenvalue weighted by Gasteiger charge is -2.28. The number of amides is 1. The van der Waals surface area contributed by atoms with Gasteiger partial charge in [0.15, 0.2) is 0 Å². The fourth-order valence-corrected chi connectivity index (χ4v) is 3.54. The Bertz CT molecular complexity index is 728. The van der Waals surface area contributed by atoms with E-state index in [1.54, 1.807) is 14.2 Å². The summed E-state index contributed by atoms with van der Waals surface area (Å²) in [5, 5.41) is 3.12. The number of hydrogen-bond acceptors (Lipinski definition) is 4. The predicted octanol–water partition coefficient (Wildman–Crippen LogP) is 3.62. The molecule has 2 aromatic rings. The maximum atomic E-state index is 12.4. The molecule has 1 heterocycles. The second-order valence-electron chi connectivity index (χ2n) is 6.86. The molecule has 152 valence electrons. The van der Waals surface area contributed by atoms with Crippen LogP contribution >= 0.6 is 12.4 Å². The van der Waals surface area contributed by atoms with E-state index in [1.807, 2.05) is 36.4 Å². The van der Waals surface area contributed by atoms with E-state index < -0.39 is 0 Å². The van der Waals surface area contributed by atoms with Crippen LogP contribution in [0.4, 0.5) is 0 Å². The van der Waals surface area contributed by atoms with Crippen molar-refractivity contribution in [3.63, 3.8) is 0 Å². The number of nitrogens with one attached hydrogen (secondary N) is 1. The molecule has 1 aliphatic rings. The van der Waals surface area contributed by atoms with Crippen molar-refractivity contribution >= 4 is 18.3 Å². The number of carbonyl (C=O) groups is 1. The van der Waals surface area contributed by atoms with E-state index in [1.165, 1.54) is 18.4 Å². The summed E-state index contributed by atoms with van der Waals surface area (Å²) in [7, 11) is 3.31. The van der Waals surface area contributed by atoms with E-state index in [2.05, 4.69) is 22.3 Å². The Kier molecular flexibility index (Phi) is 8.61. The van der Waals surface area contributed by atoms with E-state index in [-0.39, 0.29) is 24.4 Å². The largest absolute Gasteiger partial charge is 0.497 e. The standard InChI is InChI=1S/C22H28N2O3.ClH/c1-26-19-9-5-17(6-10-19)15-22(25)23-16-21(24-13-3-4-14-24)18-7-11-20(27-2)12-8-18;/h5-12,21H,3-4,13-16H2,1-2H3,(H,23,25);1H. The first-order chi connectivity index (χ1) is 13.2. The van der Waals surface area contributed by atoms with Gasteiger partial charge in [0.1, 0.15) is 11.5 Å². The van der Waals surface area contributed by atoms with Crippen LogP contribution < -0.4 is 14.8 Å². The van der Waals surface area contributed by atoms with Crippen LogP contribution in [0.25, 0.3) is 0 Å². The van der Waals surface area contributed by atoms with E-state index in [0.717, 1.165) is 30.2 Å². The highest BCUT2D eigenvalue weighted by Crippen LogP contribution is 2.26. The van der Waals surface area contributed by atoms with Gasteiger partial charge in [0, 0.05) is 6.54 Å². The van der Waals surface area contributed by atoms with Crippen molar-refractivity contribution in [3.8, 4) is 11.5 Å². The Morgan fingerprint density at radius 3 is 2.04 bits per heavy atom. The minimum absolute atomic E-state index is 0. The molecule has 2 aromatic carbocycles. The van der Waals surface area contributed by atoms with Crippen molar-refractivity contribution in [3.05, 3.63) is 59.7 Å². The third-order valence-electron chi connectivity index (χ3n) is 5.10. The summed E-state index contributed by atoms with van der Waals surface area (Å²) in [5.74, 6) is 1.69. The molecule has 1 saturated heterocycles. The summed E-state index contributed by atoms with van der Waals surface area (Å²) in [4.78, 5) is 14.9. The average molecular weight is 405 g/mol. The summed E-state index contributed by atoms with van der Waals surface area (Å²) < 4.78 is 10.4. The van der Waals surface area contributed by atoms with Crippen molar-refractivity contribution < 1.29 is 14.3 Å². The van der Waals surface area contributed by atoms with Crippen molar-refractivity contribution in [2.24, 2.45) is 0 Å².